The van der Waals surface area contributed by atoms with Gasteiger partial charge in [0, 0.05) is 17.0 Å². The lowest BCUT2D eigenvalue weighted by atomic mass is 9.75. The second-order valence-electron chi connectivity index (χ2n) is 10.4. The summed E-state index contributed by atoms with van der Waals surface area (Å²) in [6, 6.07) is 12.5. The number of benzene rings is 2. The highest BCUT2D eigenvalue weighted by atomic mass is 32.2. The average molecular weight is 519 g/mol. The van der Waals surface area contributed by atoms with Gasteiger partial charge in [0.05, 0.1) is 29.2 Å². The highest BCUT2D eigenvalue weighted by Gasteiger charge is 2.74. The van der Waals surface area contributed by atoms with E-state index in [9.17, 15) is 19.5 Å². The molecule has 8 heteroatoms. The number of esters is 1. The number of cyclic esters (lactones) is 1. The minimum atomic E-state index is -0.956. The molecule has 1 spiro atoms. The van der Waals surface area contributed by atoms with Gasteiger partial charge in [0.25, 0.3) is 5.91 Å². The van der Waals surface area contributed by atoms with E-state index in [1.807, 2.05) is 80.6 Å². The van der Waals surface area contributed by atoms with Gasteiger partial charge in [-0.15, -0.1) is 11.8 Å². The largest absolute Gasteiger partial charge is 0.461 e. The Hall–Kier alpha value is -3.10. The maximum atomic E-state index is 14.5. The van der Waals surface area contributed by atoms with E-state index in [1.165, 1.54) is 11.8 Å². The molecule has 2 fully saturated rings. The second-order valence-corrected chi connectivity index (χ2v) is 12.2. The van der Waals surface area contributed by atoms with Crippen LogP contribution in [0.3, 0.4) is 0 Å². The Labute approximate surface area is 220 Å². The SMILES string of the molecule is CC[C@@H](CO)N1C(=O)[C@@H]2[C@@H]3C(=O)OCC=C[C@]3(C)S[C@@]23C=CCN(c2ccc4ccccc4c2)C(=O)C13. The van der Waals surface area contributed by atoms with Crippen molar-refractivity contribution >= 4 is 46.0 Å². The van der Waals surface area contributed by atoms with Crippen molar-refractivity contribution in [2.75, 3.05) is 24.7 Å². The molecule has 2 aromatic rings. The number of aliphatic hydroxyl groups is 1. The van der Waals surface area contributed by atoms with Crippen LogP contribution in [0, 0.1) is 11.8 Å². The topological polar surface area (TPSA) is 87.2 Å². The number of fused-ring (bicyclic) bond motifs is 3. The predicted octanol–water partition coefficient (Wildman–Crippen LogP) is 3.31. The number of amides is 2. The highest BCUT2D eigenvalue weighted by molar-refractivity contribution is 8.02. The van der Waals surface area contributed by atoms with Gasteiger partial charge in [0.2, 0.25) is 5.91 Å². The number of nitrogens with zero attached hydrogens (tertiary/aromatic N) is 2. The summed E-state index contributed by atoms with van der Waals surface area (Å²) < 4.78 is 3.83. The lowest BCUT2D eigenvalue weighted by Gasteiger charge is -2.39. The zero-order valence-electron chi connectivity index (χ0n) is 20.9. The third-order valence-corrected chi connectivity index (χ3v) is 10.2. The van der Waals surface area contributed by atoms with Gasteiger partial charge >= 0.3 is 5.97 Å². The molecule has 7 nitrogen and oxygen atoms in total. The van der Waals surface area contributed by atoms with Crippen molar-refractivity contribution in [1.29, 1.82) is 0 Å². The molecule has 0 bridgehead atoms. The fourth-order valence-electron chi connectivity index (χ4n) is 6.68. The summed E-state index contributed by atoms with van der Waals surface area (Å²) in [5.41, 5.74) is 0.751. The molecule has 4 aliphatic rings. The number of aliphatic hydroxyl groups excluding tert-OH is 1. The first-order chi connectivity index (χ1) is 17.8. The van der Waals surface area contributed by atoms with E-state index >= 15 is 0 Å². The Bertz CT molecular complexity index is 1350. The van der Waals surface area contributed by atoms with E-state index in [-0.39, 0.29) is 25.0 Å². The van der Waals surface area contributed by atoms with Crippen molar-refractivity contribution in [3.63, 3.8) is 0 Å². The fraction of sp³-hybridized carbons (Fsp3) is 0.414. The van der Waals surface area contributed by atoms with Gasteiger partial charge in [-0.3, -0.25) is 14.4 Å². The summed E-state index contributed by atoms with van der Waals surface area (Å²) in [6.07, 6.45) is 8.21. The quantitative estimate of drug-likeness (QED) is 0.494. The number of rotatable bonds is 4. The molecule has 2 aromatic carbocycles. The molecule has 0 radical (unpaired) electrons. The van der Waals surface area contributed by atoms with Crippen LogP contribution in [0.5, 0.6) is 0 Å². The number of likely N-dealkylation sites (tertiary alicyclic amines) is 1. The molecule has 6 rings (SSSR count). The second kappa shape index (κ2) is 8.74. The normalized spacial score (nSPS) is 33.6. The van der Waals surface area contributed by atoms with Crippen LogP contribution in [0.1, 0.15) is 20.3 Å². The van der Waals surface area contributed by atoms with Crippen molar-refractivity contribution in [3.8, 4) is 0 Å². The van der Waals surface area contributed by atoms with Crippen LogP contribution >= 0.6 is 11.8 Å². The first-order valence-electron chi connectivity index (χ1n) is 12.8. The standard InChI is InChI=1S/C29H30N2O5S/c1-3-20(17-32)31-24-26(34)30(21-11-10-18-8-4-5-9-19(18)16-21)14-6-13-29(24)22(25(31)33)23-27(35)36-15-7-12-28(23,2)37-29/h4-13,16,20,22-24,32H,3,14-15,17H2,1-2H3/t20-,22-,23+,24?,28-,29-/m0/s1. The van der Waals surface area contributed by atoms with Gasteiger partial charge in [0.15, 0.2) is 0 Å². The zero-order chi connectivity index (χ0) is 25.9. The molecule has 1 unspecified atom stereocenters. The monoisotopic (exact) mass is 518 g/mol. The average Bonchev–Trinajstić information content (AvgIpc) is 3.15. The lowest BCUT2D eigenvalue weighted by Crippen LogP contribution is -2.56. The van der Waals surface area contributed by atoms with E-state index in [0.29, 0.717) is 13.0 Å². The summed E-state index contributed by atoms with van der Waals surface area (Å²) in [4.78, 5) is 45.3. The highest BCUT2D eigenvalue weighted by Crippen LogP contribution is 2.65. The van der Waals surface area contributed by atoms with E-state index < -0.39 is 39.4 Å². The van der Waals surface area contributed by atoms with Gasteiger partial charge in [0.1, 0.15) is 12.6 Å². The smallest absolute Gasteiger partial charge is 0.311 e. The van der Waals surface area contributed by atoms with Crippen molar-refractivity contribution < 1.29 is 24.2 Å². The zero-order valence-corrected chi connectivity index (χ0v) is 21.7. The summed E-state index contributed by atoms with van der Waals surface area (Å²) in [6.45, 7) is 4.12. The maximum absolute atomic E-state index is 14.5. The minimum Gasteiger partial charge on any atom is -0.461 e. The van der Waals surface area contributed by atoms with Gasteiger partial charge in [-0.05, 0) is 42.3 Å². The molecule has 0 saturated carbocycles. The Morgan fingerprint density at radius 3 is 2.59 bits per heavy atom. The van der Waals surface area contributed by atoms with Gasteiger partial charge in [-0.1, -0.05) is 55.5 Å². The van der Waals surface area contributed by atoms with E-state index in [0.717, 1.165) is 16.5 Å². The van der Waals surface area contributed by atoms with E-state index in [2.05, 4.69) is 0 Å². The third kappa shape index (κ3) is 3.42. The molecular weight excluding hydrogens is 488 g/mol. The number of hydrogen-bond donors (Lipinski definition) is 1. The van der Waals surface area contributed by atoms with Gasteiger partial charge < -0.3 is 19.6 Å². The maximum Gasteiger partial charge on any atom is 0.311 e. The van der Waals surface area contributed by atoms with Crippen LogP contribution in [0.25, 0.3) is 10.8 Å². The lowest BCUT2D eigenvalue weighted by molar-refractivity contribution is -0.153. The summed E-state index contributed by atoms with van der Waals surface area (Å²) in [5.74, 6) is -2.37. The Morgan fingerprint density at radius 1 is 1.05 bits per heavy atom. The van der Waals surface area contributed by atoms with Crippen LogP contribution in [0.15, 0.2) is 66.8 Å². The Morgan fingerprint density at radius 2 is 1.84 bits per heavy atom. The van der Waals surface area contributed by atoms with Gasteiger partial charge in [-0.25, -0.2) is 0 Å². The molecule has 0 aromatic heterocycles. The van der Waals surface area contributed by atoms with Crippen molar-refractivity contribution in [3.05, 3.63) is 66.8 Å². The number of carbonyl (C=O) groups is 3. The van der Waals surface area contributed by atoms with E-state index in [4.69, 9.17) is 4.74 Å². The summed E-state index contributed by atoms with van der Waals surface area (Å²) >= 11 is 1.51. The number of thioether (sulfide) groups is 1. The van der Waals surface area contributed by atoms with Crippen molar-refractivity contribution in [2.45, 2.75) is 41.8 Å². The Balaban J connectivity index is 1.50. The van der Waals surface area contributed by atoms with Crippen molar-refractivity contribution in [2.24, 2.45) is 11.8 Å². The van der Waals surface area contributed by atoms with Crippen LogP contribution in [-0.2, 0) is 19.1 Å². The molecule has 2 amide bonds. The number of ether oxygens (including phenoxy) is 1. The number of carbonyl (C=O) groups excluding carboxylic acids is 3. The molecule has 37 heavy (non-hydrogen) atoms. The first-order valence-corrected chi connectivity index (χ1v) is 13.6. The molecule has 1 N–H and O–H groups in total. The van der Waals surface area contributed by atoms with Crippen LogP contribution in [0.2, 0.25) is 0 Å². The Kier molecular flexibility index (Phi) is 5.73. The molecule has 192 valence electrons. The van der Waals surface area contributed by atoms with Crippen LogP contribution in [0.4, 0.5) is 5.69 Å². The molecular formula is C29H30N2O5S. The summed E-state index contributed by atoms with van der Waals surface area (Å²) in [5, 5.41) is 12.3. The van der Waals surface area contributed by atoms with Gasteiger partial charge in [-0.2, -0.15) is 0 Å². The fourth-order valence-corrected chi connectivity index (χ4v) is 8.82. The summed E-state index contributed by atoms with van der Waals surface area (Å²) in [7, 11) is 0. The van der Waals surface area contributed by atoms with Crippen LogP contribution < -0.4 is 4.90 Å². The molecule has 2 saturated heterocycles. The third-order valence-electron chi connectivity index (χ3n) is 8.37. The molecule has 4 heterocycles. The van der Waals surface area contributed by atoms with E-state index in [1.54, 1.807) is 9.80 Å². The van der Waals surface area contributed by atoms with Crippen LogP contribution in [-0.4, -0.2) is 69.1 Å². The first kappa shape index (κ1) is 24.2. The van der Waals surface area contributed by atoms with Crippen molar-refractivity contribution in [1.82, 2.24) is 4.90 Å². The molecule has 0 aliphatic carbocycles. The molecule has 6 atom stereocenters. The minimum absolute atomic E-state index is 0.172. The number of anilines is 1. The number of hydrogen-bond acceptors (Lipinski definition) is 6. The molecule has 4 aliphatic heterocycles. The predicted molar refractivity (Wildman–Crippen MR) is 143 cm³/mol.